The number of anilines is 1. The smallest absolute Gasteiger partial charge is 0.259 e. The highest BCUT2D eigenvalue weighted by Crippen LogP contribution is 2.38. The van der Waals surface area contributed by atoms with Crippen molar-refractivity contribution in [2.24, 2.45) is 7.05 Å². The molecule has 2 aliphatic rings. The minimum Gasteiger partial charge on any atom is -0.341 e. The summed E-state index contributed by atoms with van der Waals surface area (Å²) >= 11 is 0. The highest BCUT2D eigenvalue weighted by atomic mass is 16.2. The summed E-state index contributed by atoms with van der Waals surface area (Å²) in [6.07, 6.45) is 5.58. The van der Waals surface area contributed by atoms with Crippen LogP contribution in [0.4, 0.5) is 5.69 Å². The fourth-order valence-electron chi connectivity index (χ4n) is 4.83. The van der Waals surface area contributed by atoms with Crippen molar-refractivity contribution in [3.05, 3.63) is 60.2 Å². The molecule has 148 valence electrons. The fraction of sp³-hybridized carbons (Fsp3) is 0.348. The number of aryl methyl sites for hydroxylation is 1. The van der Waals surface area contributed by atoms with E-state index in [0.29, 0.717) is 24.6 Å². The summed E-state index contributed by atoms with van der Waals surface area (Å²) in [6.45, 7) is 3.23. The van der Waals surface area contributed by atoms with Crippen molar-refractivity contribution in [3.63, 3.8) is 0 Å². The van der Waals surface area contributed by atoms with Crippen LogP contribution < -0.4 is 4.90 Å². The van der Waals surface area contributed by atoms with Gasteiger partial charge in [0.05, 0.1) is 5.69 Å². The molecule has 1 fully saturated rings. The molecule has 1 saturated heterocycles. The second kappa shape index (κ2) is 6.72. The van der Waals surface area contributed by atoms with Crippen molar-refractivity contribution in [2.75, 3.05) is 18.0 Å². The number of imidazole rings is 1. The third-order valence-electron chi connectivity index (χ3n) is 6.37. The predicted octanol–water partition coefficient (Wildman–Crippen LogP) is 3.33. The summed E-state index contributed by atoms with van der Waals surface area (Å²) < 4.78 is 2.06. The fourth-order valence-corrected chi connectivity index (χ4v) is 4.83. The average molecular weight is 388 g/mol. The lowest BCUT2D eigenvalue weighted by atomic mass is 9.95. The third-order valence-corrected chi connectivity index (χ3v) is 6.37. The van der Waals surface area contributed by atoms with Gasteiger partial charge in [-0.2, -0.15) is 0 Å². The second-order valence-electron chi connectivity index (χ2n) is 8.03. The van der Waals surface area contributed by atoms with Gasteiger partial charge in [-0.1, -0.05) is 24.3 Å². The summed E-state index contributed by atoms with van der Waals surface area (Å²) in [5, 5.41) is 1.99. The SMILES string of the molecule is C[C@H](C(=O)N1CCC(c2nccn2C)CC1)N1C(=O)c2cccc3cccc1c23. The van der Waals surface area contributed by atoms with Gasteiger partial charge in [0.1, 0.15) is 11.9 Å². The topological polar surface area (TPSA) is 58.4 Å². The Hall–Kier alpha value is -3.15. The monoisotopic (exact) mass is 388 g/mol. The number of amides is 2. The van der Waals surface area contributed by atoms with Gasteiger partial charge in [-0.3, -0.25) is 14.5 Å². The summed E-state index contributed by atoms with van der Waals surface area (Å²) in [7, 11) is 2.01. The normalized spacial score (nSPS) is 17.9. The number of carbonyl (C=O) groups excluding carboxylic acids is 2. The molecular weight excluding hydrogens is 364 g/mol. The lowest BCUT2D eigenvalue weighted by Crippen LogP contribution is -2.50. The number of carbonyl (C=O) groups is 2. The number of nitrogens with zero attached hydrogens (tertiary/aromatic N) is 4. The van der Waals surface area contributed by atoms with E-state index in [1.54, 1.807) is 4.90 Å². The molecule has 2 amide bonds. The molecule has 0 N–H and O–H groups in total. The second-order valence-corrected chi connectivity index (χ2v) is 8.03. The van der Waals surface area contributed by atoms with Crippen LogP contribution in [0.25, 0.3) is 10.8 Å². The van der Waals surface area contributed by atoms with Crippen molar-refractivity contribution >= 4 is 28.3 Å². The molecule has 0 spiro atoms. The van der Waals surface area contributed by atoms with Crippen LogP contribution in [0.1, 0.15) is 41.9 Å². The maximum absolute atomic E-state index is 13.3. The van der Waals surface area contributed by atoms with E-state index in [9.17, 15) is 9.59 Å². The minimum absolute atomic E-state index is 0.0152. The van der Waals surface area contributed by atoms with E-state index in [-0.39, 0.29) is 11.8 Å². The Morgan fingerprint density at radius 1 is 1.14 bits per heavy atom. The first-order valence-corrected chi connectivity index (χ1v) is 10.2. The van der Waals surface area contributed by atoms with Gasteiger partial charge in [0.2, 0.25) is 5.91 Å². The number of benzene rings is 2. The molecule has 0 saturated carbocycles. The first kappa shape index (κ1) is 17.9. The number of rotatable bonds is 3. The molecule has 1 atom stereocenters. The largest absolute Gasteiger partial charge is 0.341 e. The number of aromatic nitrogens is 2. The first-order chi connectivity index (χ1) is 14.1. The molecular formula is C23H24N4O2. The molecule has 2 aromatic carbocycles. The van der Waals surface area contributed by atoms with Crippen molar-refractivity contribution < 1.29 is 9.59 Å². The molecule has 0 unspecified atom stereocenters. The molecule has 0 aliphatic carbocycles. The van der Waals surface area contributed by atoms with E-state index >= 15 is 0 Å². The molecule has 0 radical (unpaired) electrons. The standard InChI is InChI=1S/C23H24N4O2/c1-15(22(28)26-12-9-17(10-13-26)21-24-11-14-25(21)2)27-19-8-4-6-16-5-3-7-18(20(16)19)23(27)29/h3-8,11,14-15,17H,9-10,12-13H2,1-2H3/t15-/m1/s1. The van der Waals surface area contributed by atoms with Gasteiger partial charge in [-0.15, -0.1) is 0 Å². The van der Waals surface area contributed by atoms with Gasteiger partial charge in [0.15, 0.2) is 0 Å². The van der Waals surface area contributed by atoms with Crippen molar-refractivity contribution in [2.45, 2.75) is 31.7 Å². The van der Waals surface area contributed by atoms with Crippen LogP contribution >= 0.6 is 0 Å². The van der Waals surface area contributed by atoms with E-state index in [2.05, 4.69) is 9.55 Å². The Labute approximate surface area is 169 Å². The van der Waals surface area contributed by atoms with Crippen molar-refractivity contribution in [1.82, 2.24) is 14.5 Å². The Balaban J connectivity index is 1.35. The van der Waals surface area contributed by atoms with Gasteiger partial charge in [0, 0.05) is 49.4 Å². The van der Waals surface area contributed by atoms with Crippen LogP contribution in [0.3, 0.4) is 0 Å². The van der Waals surface area contributed by atoms with E-state index in [1.807, 2.05) is 67.7 Å². The number of likely N-dealkylation sites (tertiary alicyclic amines) is 1. The molecule has 3 aromatic rings. The van der Waals surface area contributed by atoms with Crippen molar-refractivity contribution in [1.29, 1.82) is 0 Å². The quantitative estimate of drug-likeness (QED) is 0.692. The Kier molecular flexibility index (Phi) is 4.15. The zero-order valence-electron chi connectivity index (χ0n) is 16.7. The number of piperidine rings is 1. The van der Waals surface area contributed by atoms with Crippen LogP contribution in [-0.2, 0) is 11.8 Å². The number of hydrogen-bond acceptors (Lipinski definition) is 3. The average Bonchev–Trinajstić information content (AvgIpc) is 3.30. The Morgan fingerprint density at radius 2 is 1.86 bits per heavy atom. The molecule has 3 heterocycles. The molecule has 2 aliphatic heterocycles. The summed E-state index contributed by atoms with van der Waals surface area (Å²) in [5.41, 5.74) is 1.53. The van der Waals surface area contributed by atoms with Crippen LogP contribution in [0, 0.1) is 0 Å². The third kappa shape index (κ3) is 2.74. The Bertz CT molecular complexity index is 1110. The van der Waals surface area contributed by atoms with Crippen LogP contribution in [-0.4, -0.2) is 45.4 Å². The van der Waals surface area contributed by atoms with Gasteiger partial charge < -0.3 is 9.47 Å². The van der Waals surface area contributed by atoms with Crippen molar-refractivity contribution in [3.8, 4) is 0 Å². The van der Waals surface area contributed by atoms with Gasteiger partial charge >= 0.3 is 0 Å². The van der Waals surface area contributed by atoms with E-state index in [4.69, 9.17) is 0 Å². The molecule has 6 heteroatoms. The van der Waals surface area contributed by atoms with E-state index < -0.39 is 6.04 Å². The maximum Gasteiger partial charge on any atom is 0.259 e. The number of hydrogen-bond donors (Lipinski definition) is 0. The van der Waals surface area contributed by atoms with Gasteiger partial charge in [-0.05, 0) is 37.3 Å². The Morgan fingerprint density at radius 3 is 2.55 bits per heavy atom. The van der Waals surface area contributed by atoms with Crippen LogP contribution in [0.5, 0.6) is 0 Å². The van der Waals surface area contributed by atoms with Gasteiger partial charge in [-0.25, -0.2) is 4.98 Å². The lowest BCUT2D eigenvalue weighted by molar-refractivity contribution is -0.133. The van der Waals surface area contributed by atoms with Gasteiger partial charge in [0.25, 0.3) is 5.91 Å². The molecule has 0 bridgehead atoms. The summed E-state index contributed by atoms with van der Waals surface area (Å²) in [6, 6.07) is 11.1. The maximum atomic E-state index is 13.3. The summed E-state index contributed by atoms with van der Waals surface area (Å²) in [4.78, 5) is 34.4. The zero-order chi connectivity index (χ0) is 20.1. The predicted molar refractivity (Wildman–Crippen MR) is 112 cm³/mol. The van der Waals surface area contributed by atoms with Crippen LogP contribution in [0.2, 0.25) is 0 Å². The highest BCUT2D eigenvalue weighted by molar-refractivity contribution is 6.26. The molecule has 6 nitrogen and oxygen atoms in total. The van der Waals surface area contributed by atoms with E-state index in [0.717, 1.165) is 35.1 Å². The molecule has 5 rings (SSSR count). The molecule has 1 aromatic heterocycles. The van der Waals surface area contributed by atoms with Crippen LogP contribution in [0.15, 0.2) is 48.8 Å². The van der Waals surface area contributed by atoms with E-state index in [1.165, 1.54) is 0 Å². The molecule has 29 heavy (non-hydrogen) atoms. The minimum atomic E-state index is -0.523. The first-order valence-electron chi connectivity index (χ1n) is 10.2. The summed E-state index contributed by atoms with van der Waals surface area (Å²) in [5.74, 6) is 1.39. The lowest BCUT2D eigenvalue weighted by Gasteiger charge is -2.35. The highest BCUT2D eigenvalue weighted by Gasteiger charge is 2.38. The zero-order valence-corrected chi connectivity index (χ0v) is 16.7.